The number of rotatable bonds is 5. The second-order valence-corrected chi connectivity index (χ2v) is 16.6. The van der Waals surface area contributed by atoms with Crippen LogP contribution in [0.2, 0.25) is 0 Å². The number of benzene rings is 6. The SMILES string of the molecule is Cc1cc(C)c(N2CCN(c3c(C)cc(C)cc3C)[C]2=[Ru]=[C]2C=C(c3ccccc3)c3ccccc32)c(C)c1.Cc1ccccc1N=Cc1[c-]cccc1O.Cl. The minimum Gasteiger partial charge on any atom is -0.552 e. The number of hydrogen-bond acceptors (Lipinski definition) is 4. The van der Waals surface area contributed by atoms with E-state index in [2.05, 4.69) is 147 Å². The molecule has 1 heterocycles. The molecule has 6 aromatic carbocycles. The van der Waals surface area contributed by atoms with Crippen molar-refractivity contribution in [3.05, 3.63) is 195 Å². The molecule has 6 heteroatoms. The normalized spacial score (nSPS) is 13.4. The van der Waals surface area contributed by atoms with Crippen LogP contribution in [-0.2, 0) is 16.2 Å². The minimum atomic E-state index is -0.233. The van der Waals surface area contributed by atoms with Gasteiger partial charge in [-0.05, 0) is 24.8 Å². The van der Waals surface area contributed by atoms with E-state index in [4.69, 9.17) is 0 Å². The summed E-state index contributed by atoms with van der Waals surface area (Å²) in [6.07, 6.45) is 4.10. The van der Waals surface area contributed by atoms with Crippen molar-refractivity contribution in [1.82, 2.24) is 0 Å². The van der Waals surface area contributed by atoms with E-state index >= 15 is 0 Å². The molecule has 56 heavy (non-hydrogen) atoms. The Morgan fingerprint density at radius 1 is 0.625 bits per heavy atom. The Balaban J connectivity index is 0.000000263. The Labute approximate surface area is 345 Å². The van der Waals surface area contributed by atoms with E-state index in [0.29, 0.717) is 5.56 Å². The van der Waals surface area contributed by atoms with Gasteiger partial charge in [0.15, 0.2) is 0 Å². The molecule has 1 N–H and O–H groups in total. The van der Waals surface area contributed by atoms with Crippen molar-refractivity contribution in [1.29, 1.82) is 0 Å². The van der Waals surface area contributed by atoms with Crippen LogP contribution < -0.4 is 9.80 Å². The molecule has 0 amide bonds. The molecule has 8 rings (SSSR count). The van der Waals surface area contributed by atoms with Gasteiger partial charge in [0, 0.05) is 5.75 Å². The standard InChI is InChI=1S/C21H26N2.C15H10.C14H12NO.ClH.Ru/c1-14-9-16(3)20(17(4)10-14)22-7-8-23(13-22)21-18(5)11-15(2)12-19(21)6;1-2-6-12(7-3-1)15-11-10-13-8-4-5-9-14(13)15;1-11-6-2-4-8-13(11)15-10-12-7-3-5-9-14(12)16;;/h9-12H,7-8H2,1-6H3;1-9,11H;2-6,8-10,16H,1H3;1H;/q;;-1;;. The van der Waals surface area contributed by atoms with Crippen LogP contribution in [0.1, 0.15) is 61.2 Å². The maximum Gasteiger partial charge on any atom is 0.0545 e. The monoisotopic (exact) mass is 844 g/mol. The molecule has 0 unspecified atom stereocenters. The number of fused-ring (bicyclic) bond motifs is 1. The average molecular weight is 844 g/mol. The molecular formula is C50H49ClN3ORu-. The summed E-state index contributed by atoms with van der Waals surface area (Å²) in [4.78, 5) is 9.61. The second-order valence-electron chi connectivity index (χ2n) is 14.5. The molecule has 4 nitrogen and oxygen atoms in total. The first kappa shape index (κ1) is 40.4. The van der Waals surface area contributed by atoms with Gasteiger partial charge in [-0.2, -0.15) is 0 Å². The third kappa shape index (κ3) is 8.60. The number of aryl methyl sites for hydroxylation is 7. The minimum absolute atomic E-state index is 0. The molecule has 0 radical (unpaired) electrons. The fraction of sp³-hybridized carbons (Fsp3) is 0.180. The molecular weight excluding hydrogens is 795 g/mol. The predicted molar refractivity (Wildman–Crippen MR) is 238 cm³/mol. The molecule has 1 saturated heterocycles. The summed E-state index contributed by atoms with van der Waals surface area (Å²) < 4.78 is 2.94. The average Bonchev–Trinajstić information content (AvgIpc) is 3.73. The van der Waals surface area contributed by atoms with Gasteiger partial charge in [-0.1, -0.05) is 23.8 Å². The van der Waals surface area contributed by atoms with Crippen LogP contribution in [0, 0.1) is 54.5 Å². The number of phenolic OH excluding ortho intramolecular Hbond substituents is 1. The van der Waals surface area contributed by atoms with E-state index in [9.17, 15) is 5.11 Å². The summed E-state index contributed by atoms with van der Waals surface area (Å²) >= 11 is -0.233. The van der Waals surface area contributed by atoms with E-state index < -0.39 is 0 Å². The number of halogens is 1. The fourth-order valence-corrected chi connectivity index (χ4v) is 10.5. The number of aliphatic imine (C=N–C) groups is 1. The van der Waals surface area contributed by atoms with E-state index in [0.717, 1.165) is 24.3 Å². The third-order valence-corrected chi connectivity index (χ3v) is 12.6. The van der Waals surface area contributed by atoms with Crippen molar-refractivity contribution in [2.75, 3.05) is 22.9 Å². The quantitative estimate of drug-likeness (QED) is 0.107. The molecule has 0 spiro atoms. The first-order valence-corrected chi connectivity index (χ1v) is 20.6. The van der Waals surface area contributed by atoms with Crippen molar-refractivity contribution in [2.24, 2.45) is 4.99 Å². The van der Waals surface area contributed by atoms with Gasteiger partial charge < -0.3 is 10.1 Å². The van der Waals surface area contributed by atoms with E-state index in [1.807, 2.05) is 31.2 Å². The van der Waals surface area contributed by atoms with Crippen LogP contribution in [0.15, 0.2) is 132 Å². The van der Waals surface area contributed by atoms with Crippen LogP contribution in [-0.4, -0.2) is 32.9 Å². The van der Waals surface area contributed by atoms with Crippen molar-refractivity contribution >= 4 is 49.7 Å². The number of para-hydroxylation sites is 1. The number of anilines is 2. The number of nitrogens with zero attached hydrogens (tertiary/aromatic N) is 3. The number of hydrogen-bond donors (Lipinski definition) is 1. The van der Waals surface area contributed by atoms with Gasteiger partial charge in [-0.25, -0.2) is 0 Å². The summed E-state index contributed by atoms with van der Waals surface area (Å²) in [5.41, 5.74) is 18.9. The Bertz CT molecular complexity index is 2370. The molecule has 286 valence electrons. The Morgan fingerprint density at radius 2 is 1.16 bits per heavy atom. The number of aromatic hydroxyl groups is 1. The van der Waals surface area contributed by atoms with Gasteiger partial charge in [0.05, 0.1) is 5.69 Å². The zero-order valence-electron chi connectivity index (χ0n) is 33.2. The van der Waals surface area contributed by atoms with Gasteiger partial charge in [-0.15, -0.1) is 36.7 Å². The molecule has 1 aliphatic heterocycles. The summed E-state index contributed by atoms with van der Waals surface area (Å²) in [5.74, 6) is 0.194. The molecule has 6 aromatic rings. The van der Waals surface area contributed by atoms with Gasteiger partial charge >= 0.3 is 241 Å². The zero-order valence-corrected chi connectivity index (χ0v) is 35.7. The largest absolute Gasteiger partial charge is 0.552 e. The smallest absolute Gasteiger partial charge is 0.0545 e. The maximum absolute atomic E-state index is 9.54. The predicted octanol–water partition coefficient (Wildman–Crippen LogP) is 11.4. The zero-order chi connectivity index (χ0) is 38.6. The topological polar surface area (TPSA) is 39.1 Å². The van der Waals surface area contributed by atoms with Crippen LogP contribution in [0.3, 0.4) is 0 Å². The fourth-order valence-electron chi connectivity index (χ4n) is 7.82. The summed E-state index contributed by atoms with van der Waals surface area (Å²) in [6, 6.07) is 45.1. The number of allylic oxidation sites excluding steroid dienone is 1. The Morgan fingerprint density at radius 3 is 1.73 bits per heavy atom. The van der Waals surface area contributed by atoms with Crippen molar-refractivity contribution in [3.8, 4) is 5.75 Å². The molecule has 0 bridgehead atoms. The van der Waals surface area contributed by atoms with Gasteiger partial charge in [0.1, 0.15) is 0 Å². The van der Waals surface area contributed by atoms with Crippen LogP contribution >= 0.6 is 12.4 Å². The second kappa shape index (κ2) is 17.7. The Hall–Kier alpha value is -5.22. The van der Waals surface area contributed by atoms with Crippen molar-refractivity contribution in [2.45, 2.75) is 48.5 Å². The number of phenols is 1. The molecule has 1 aliphatic carbocycles. The van der Waals surface area contributed by atoms with Crippen molar-refractivity contribution in [3.63, 3.8) is 0 Å². The van der Waals surface area contributed by atoms with Crippen LogP contribution in [0.4, 0.5) is 17.1 Å². The van der Waals surface area contributed by atoms with Crippen LogP contribution in [0.25, 0.3) is 5.57 Å². The molecule has 1 fully saturated rings. The summed E-state index contributed by atoms with van der Waals surface area (Å²) in [7, 11) is 0. The summed E-state index contributed by atoms with van der Waals surface area (Å²) in [6.45, 7) is 17.5. The van der Waals surface area contributed by atoms with Crippen LogP contribution in [0.5, 0.6) is 5.75 Å². The molecule has 0 atom stereocenters. The molecule has 0 aromatic heterocycles. The van der Waals surface area contributed by atoms with E-state index in [1.165, 1.54) is 75.5 Å². The first-order valence-electron chi connectivity index (χ1n) is 18.8. The first-order chi connectivity index (χ1) is 26.6. The van der Waals surface area contributed by atoms with Gasteiger partial charge in [0.25, 0.3) is 0 Å². The van der Waals surface area contributed by atoms with E-state index in [-0.39, 0.29) is 34.4 Å². The molecule has 2 aliphatic rings. The maximum atomic E-state index is 9.54. The molecule has 0 saturated carbocycles. The third-order valence-electron chi connectivity index (χ3n) is 10.1. The van der Waals surface area contributed by atoms with E-state index in [1.54, 1.807) is 24.4 Å². The summed E-state index contributed by atoms with van der Waals surface area (Å²) in [5, 5.41) is 9.54. The Kier molecular flexibility index (Phi) is 12.8. The van der Waals surface area contributed by atoms with Gasteiger partial charge in [0.2, 0.25) is 0 Å². The van der Waals surface area contributed by atoms with Gasteiger partial charge in [-0.3, -0.25) is 0 Å². The van der Waals surface area contributed by atoms with Crippen molar-refractivity contribution < 1.29 is 21.3 Å².